The summed E-state index contributed by atoms with van der Waals surface area (Å²) in [5.74, 6) is 0.177. The van der Waals surface area contributed by atoms with Gasteiger partial charge in [0.05, 0.1) is 0 Å². The highest BCUT2D eigenvalue weighted by Gasteiger charge is 2.29. The van der Waals surface area contributed by atoms with Crippen LogP contribution in [0, 0.1) is 32.6 Å². The lowest BCUT2D eigenvalue weighted by Crippen LogP contribution is -2.35. The molecule has 4 heteroatoms. The molecule has 0 radical (unpaired) electrons. The zero-order valence-corrected chi connectivity index (χ0v) is 17.0. The maximum Gasteiger partial charge on any atom is 0.227 e. The van der Waals surface area contributed by atoms with Gasteiger partial charge in [0, 0.05) is 24.1 Å². The summed E-state index contributed by atoms with van der Waals surface area (Å²) in [6.07, 6.45) is 3.06. The molecule has 0 bridgehead atoms. The predicted octanol–water partition coefficient (Wildman–Crippen LogP) is 4.67. The first-order chi connectivity index (χ1) is 13.4. The van der Waals surface area contributed by atoms with E-state index in [9.17, 15) is 9.59 Å². The second-order valence-electron chi connectivity index (χ2n) is 8.06. The Kier molecular flexibility index (Phi) is 6.50. The number of hydrogen-bond donors (Lipinski definition) is 2. The van der Waals surface area contributed by atoms with Crippen LogP contribution in [-0.2, 0) is 16.1 Å². The SMILES string of the molecule is Cc1cc(C)cc(NC(=O)C2CCC(C(=O)NCc3ccccc3C)CC2)c1. The van der Waals surface area contributed by atoms with E-state index in [2.05, 4.69) is 29.7 Å². The number of benzene rings is 2. The molecule has 0 heterocycles. The van der Waals surface area contributed by atoms with E-state index in [-0.39, 0.29) is 23.7 Å². The van der Waals surface area contributed by atoms with Crippen LogP contribution in [0.15, 0.2) is 42.5 Å². The van der Waals surface area contributed by atoms with Crippen molar-refractivity contribution in [2.75, 3.05) is 5.32 Å². The number of nitrogens with one attached hydrogen (secondary N) is 2. The third-order valence-corrected chi connectivity index (χ3v) is 5.67. The summed E-state index contributed by atoms with van der Waals surface area (Å²) in [5, 5.41) is 6.12. The molecular weight excluding hydrogens is 348 g/mol. The van der Waals surface area contributed by atoms with Crippen LogP contribution >= 0.6 is 0 Å². The van der Waals surface area contributed by atoms with Crippen LogP contribution in [-0.4, -0.2) is 11.8 Å². The van der Waals surface area contributed by atoms with Crippen molar-refractivity contribution >= 4 is 17.5 Å². The molecule has 2 N–H and O–H groups in total. The summed E-state index contributed by atoms with van der Waals surface area (Å²) in [6, 6.07) is 14.2. The van der Waals surface area contributed by atoms with Crippen LogP contribution in [0.5, 0.6) is 0 Å². The molecule has 1 aliphatic carbocycles. The molecule has 2 aromatic rings. The lowest BCUT2D eigenvalue weighted by atomic mass is 9.81. The van der Waals surface area contributed by atoms with Crippen LogP contribution in [0.2, 0.25) is 0 Å². The smallest absolute Gasteiger partial charge is 0.227 e. The largest absolute Gasteiger partial charge is 0.352 e. The monoisotopic (exact) mass is 378 g/mol. The van der Waals surface area contributed by atoms with Gasteiger partial charge < -0.3 is 10.6 Å². The van der Waals surface area contributed by atoms with E-state index in [1.165, 1.54) is 5.56 Å². The first-order valence-corrected chi connectivity index (χ1v) is 10.1. The summed E-state index contributed by atoms with van der Waals surface area (Å²) in [7, 11) is 0. The Morgan fingerprint density at radius 3 is 2.04 bits per heavy atom. The molecule has 28 heavy (non-hydrogen) atoms. The highest BCUT2D eigenvalue weighted by molar-refractivity contribution is 5.93. The van der Waals surface area contributed by atoms with Crippen molar-refractivity contribution in [2.24, 2.45) is 11.8 Å². The van der Waals surface area contributed by atoms with Gasteiger partial charge in [0.15, 0.2) is 0 Å². The van der Waals surface area contributed by atoms with Gasteiger partial charge in [-0.25, -0.2) is 0 Å². The topological polar surface area (TPSA) is 58.2 Å². The molecule has 148 valence electrons. The van der Waals surface area contributed by atoms with Gasteiger partial charge in [-0.2, -0.15) is 0 Å². The number of anilines is 1. The van der Waals surface area contributed by atoms with Crippen molar-refractivity contribution in [3.8, 4) is 0 Å². The predicted molar refractivity (Wildman–Crippen MR) is 113 cm³/mol. The third kappa shape index (κ3) is 5.22. The van der Waals surface area contributed by atoms with Crippen LogP contribution in [0.1, 0.15) is 47.9 Å². The zero-order chi connectivity index (χ0) is 20.1. The van der Waals surface area contributed by atoms with E-state index < -0.39 is 0 Å². The Morgan fingerprint density at radius 1 is 0.857 bits per heavy atom. The van der Waals surface area contributed by atoms with E-state index in [0.29, 0.717) is 6.54 Å². The van der Waals surface area contributed by atoms with Crippen molar-refractivity contribution in [3.05, 3.63) is 64.7 Å². The molecule has 1 fully saturated rings. The maximum atomic E-state index is 12.6. The molecule has 3 rings (SSSR count). The Hall–Kier alpha value is -2.62. The quantitative estimate of drug-likeness (QED) is 0.794. The minimum absolute atomic E-state index is 0.00859. The molecular formula is C24H30N2O2. The van der Waals surface area contributed by atoms with Crippen molar-refractivity contribution in [3.63, 3.8) is 0 Å². The minimum Gasteiger partial charge on any atom is -0.352 e. The summed E-state index contributed by atoms with van der Waals surface area (Å²) in [4.78, 5) is 25.1. The normalized spacial score (nSPS) is 19.1. The summed E-state index contributed by atoms with van der Waals surface area (Å²) >= 11 is 0. The summed E-state index contributed by atoms with van der Waals surface area (Å²) in [6.45, 7) is 6.69. The number of carbonyl (C=O) groups excluding carboxylic acids is 2. The zero-order valence-electron chi connectivity index (χ0n) is 17.0. The standard InChI is InChI=1S/C24H30N2O2/c1-16-12-17(2)14-22(13-16)26-24(28)20-10-8-19(9-11-20)23(27)25-15-21-7-5-4-6-18(21)3/h4-7,12-14,19-20H,8-11,15H2,1-3H3,(H,25,27)(H,26,28). The van der Waals surface area contributed by atoms with Gasteiger partial charge in [0.1, 0.15) is 0 Å². The van der Waals surface area contributed by atoms with E-state index in [4.69, 9.17) is 0 Å². The Morgan fingerprint density at radius 2 is 1.43 bits per heavy atom. The van der Waals surface area contributed by atoms with Crippen molar-refractivity contribution in [1.29, 1.82) is 0 Å². The van der Waals surface area contributed by atoms with Crippen molar-refractivity contribution < 1.29 is 9.59 Å². The first kappa shape index (κ1) is 20.1. The molecule has 2 aromatic carbocycles. The number of carbonyl (C=O) groups is 2. The maximum absolute atomic E-state index is 12.6. The van der Waals surface area contributed by atoms with Crippen LogP contribution in [0.3, 0.4) is 0 Å². The van der Waals surface area contributed by atoms with E-state index in [1.807, 2.05) is 44.2 Å². The van der Waals surface area contributed by atoms with Crippen molar-refractivity contribution in [2.45, 2.75) is 53.0 Å². The summed E-state index contributed by atoms with van der Waals surface area (Å²) < 4.78 is 0. The Bertz CT molecular complexity index is 831. The number of hydrogen-bond acceptors (Lipinski definition) is 2. The first-order valence-electron chi connectivity index (χ1n) is 10.1. The van der Waals surface area contributed by atoms with Gasteiger partial charge in [-0.3, -0.25) is 9.59 Å². The van der Waals surface area contributed by atoms with Gasteiger partial charge in [-0.05, 0) is 80.8 Å². The van der Waals surface area contributed by atoms with E-state index in [0.717, 1.165) is 48.1 Å². The second kappa shape index (κ2) is 9.05. The average Bonchev–Trinajstić information content (AvgIpc) is 2.66. The third-order valence-electron chi connectivity index (χ3n) is 5.67. The fourth-order valence-corrected chi connectivity index (χ4v) is 4.04. The minimum atomic E-state index is -0.0127. The van der Waals surface area contributed by atoms with Gasteiger partial charge >= 0.3 is 0 Å². The molecule has 0 atom stereocenters. The highest BCUT2D eigenvalue weighted by atomic mass is 16.2. The number of rotatable bonds is 5. The summed E-state index contributed by atoms with van der Waals surface area (Å²) in [5.41, 5.74) is 5.49. The van der Waals surface area contributed by atoms with Gasteiger partial charge in [0.2, 0.25) is 11.8 Å². The van der Waals surface area contributed by atoms with Gasteiger partial charge in [-0.1, -0.05) is 30.3 Å². The molecule has 0 spiro atoms. The van der Waals surface area contributed by atoms with Gasteiger partial charge in [0.25, 0.3) is 0 Å². The molecule has 0 unspecified atom stereocenters. The molecule has 0 aromatic heterocycles. The van der Waals surface area contributed by atoms with Gasteiger partial charge in [-0.15, -0.1) is 0 Å². The molecule has 1 saturated carbocycles. The molecule has 2 amide bonds. The van der Waals surface area contributed by atoms with Crippen LogP contribution < -0.4 is 10.6 Å². The van der Waals surface area contributed by atoms with Crippen molar-refractivity contribution in [1.82, 2.24) is 5.32 Å². The molecule has 0 aliphatic heterocycles. The average molecular weight is 379 g/mol. The lowest BCUT2D eigenvalue weighted by Gasteiger charge is -2.27. The number of aryl methyl sites for hydroxylation is 3. The van der Waals surface area contributed by atoms with E-state index in [1.54, 1.807) is 0 Å². The van der Waals surface area contributed by atoms with E-state index >= 15 is 0 Å². The van der Waals surface area contributed by atoms with Crippen LogP contribution in [0.25, 0.3) is 0 Å². The molecule has 0 saturated heterocycles. The second-order valence-corrected chi connectivity index (χ2v) is 8.06. The fraction of sp³-hybridized carbons (Fsp3) is 0.417. The molecule has 1 aliphatic rings. The highest BCUT2D eigenvalue weighted by Crippen LogP contribution is 2.30. The Labute approximate surface area is 167 Å². The molecule has 4 nitrogen and oxygen atoms in total. The number of amides is 2. The lowest BCUT2D eigenvalue weighted by molar-refractivity contribution is -0.128. The fourth-order valence-electron chi connectivity index (χ4n) is 4.04. The van der Waals surface area contributed by atoms with Crippen LogP contribution in [0.4, 0.5) is 5.69 Å². The Balaban J connectivity index is 1.47.